The van der Waals surface area contributed by atoms with Crippen LogP contribution < -0.4 is 5.32 Å². The maximum atomic E-state index is 10.7. The molecule has 0 aromatic carbocycles. The lowest BCUT2D eigenvalue weighted by atomic mass is 10.1. The van der Waals surface area contributed by atoms with Crippen molar-refractivity contribution >= 4 is 17.8 Å². The molecule has 1 heterocycles. The van der Waals surface area contributed by atoms with Crippen LogP contribution in [-0.2, 0) is 9.59 Å². The van der Waals surface area contributed by atoms with E-state index in [2.05, 4.69) is 10.3 Å². The Morgan fingerprint density at radius 3 is 2.64 bits per heavy atom. The number of aliphatic carboxylic acids is 2. The molecule has 3 N–H and O–H groups in total. The maximum absolute atomic E-state index is 10.7. The average molecular weight is 200 g/mol. The highest BCUT2D eigenvalue weighted by Crippen LogP contribution is 2.05. The first-order chi connectivity index (χ1) is 6.61. The summed E-state index contributed by atoms with van der Waals surface area (Å²) < 4.78 is 0. The topological polar surface area (TPSA) is 99.0 Å². The standard InChI is InChI=1S/C8H12N2O4/c11-7(12)5-3-1-2-4-9-6(10-5)8(13)14/h5H,1-4H2,(H,9,10)(H,11,12)(H,13,14)/t5-/m0/s1. The van der Waals surface area contributed by atoms with Crippen molar-refractivity contribution in [2.75, 3.05) is 6.54 Å². The number of aliphatic imine (C=N–C) groups is 1. The third kappa shape index (κ3) is 2.72. The molecule has 14 heavy (non-hydrogen) atoms. The molecule has 1 aliphatic rings. The Bertz CT molecular complexity index is 275. The van der Waals surface area contributed by atoms with Gasteiger partial charge < -0.3 is 15.5 Å². The summed E-state index contributed by atoms with van der Waals surface area (Å²) in [7, 11) is 0. The summed E-state index contributed by atoms with van der Waals surface area (Å²) in [6.07, 6.45) is 1.89. The van der Waals surface area contributed by atoms with Crippen LogP contribution in [-0.4, -0.2) is 40.6 Å². The molecule has 1 aliphatic heterocycles. The minimum atomic E-state index is -1.21. The van der Waals surface area contributed by atoms with Crippen molar-refractivity contribution in [2.24, 2.45) is 4.99 Å². The maximum Gasteiger partial charge on any atom is 0.371 e. The quantitative estimate of drug-likeness (QED) is 0.568. The average Bonchev–Trinajstić information content (AvgIpc) is 2.01. The molecular formula is C8H12N2O4. The van der Waals surface area contributed by atoms with E-state index in [0.717, 1.165) is 12.8 Å². The SMILES string of the molecule is O=C(O)C1=NCCCC[C@@H](C(=O)O)N1. The summed E-state index contributed by atoms with van der Waals surface area (Å²) in [6.45, 7) is 0.432. The fourth-order valence-corrected chi connectivity index (χ4v) is 1.25. The lowest BCUT2D eigenvalue weighted by Gasteiger charge is -2.17. The van der Waals surface area contributed by atoms with Crippen LogP contribution in [0.25, 0.3) is 0 Å². The molecule has 6 heteroatoms. The van der Waals surface area contributed by atoms with Crippen LogP contribution in [0.1, 0.15) is 19.3 Å². The van der Waals surface area contributed by atoms with E-state index in [1.807, 2.05) is 0 Å². The summed E-state index contributed by atoms with van der Waals surface area (Å²) in [6, 6.07) is -0.842. The van der Waals surface area contributed by atoms with Crippen LogP contribution in [0.15, 0.2) is 4.99 Å². The Morgan fingerprint density at radius 1 is 1.36 bits per heavy atom. The van der Waals surface area contributed by atoms with E-state index < -0.39 is 18.0 Å². The van der Waals surface area contributed by atoms with Crippen LogP contribution in [0.5, 0.6) is 0 Å². The predicted molar refractivity (Wildman–Crippen MR) is 48.3 cm³/mol. The van der Waals surface area contributed by atoms with E-state index in [1.54, 1.807) is 0 Å². The molecule has 78 valence electrons. The van der Waals surface area contributed by atoms with Crippen LogP contribution in [0, 0.1) is 0 Å². The fraction of sp³-hybridized carbons (Fsp3) is 0.625. The molecule has 0 saturated carbocycles. The van der Waals surface area contributed by atoms with Crippen molar-refractivity contribution in [1.82, 2.24) is 5.32 Å². The van der Waals surface area contributed by atoms with Crippen molar-refractivity contribution in [3.63, 3.8) is 0 Å². The van der Waals surface area contributed by atoms with Gasteiger partial charge in [0.2, 0.25) is 5.84 Å². The largest absolute Gasteiger partial charge is 0.480 e. The molecule has 0 unspecified atom stereocenters. The van der Waals surface area contributed by atoms with E-state index >= 15 is 0 Å². The zero-order chi connectivity index (χ0) is 10.6. The van der Waals surface area contributed by atoms with Crippen molar-refractivity contribution in [3.05, 3.63) is 0 Å². The summed E-state index contributed by atoms with van der Waals surface area (Å²) >= 11 is 0. The summed E-state index contributed by atoms with van der Waals surface area (Å²) in [4.78, 5) is 25.0. The van der Waals surface area contributed by atoms with E-state index in [1.165, 1.54) is 0 Å². The Hall–Kier alpha value is -1.59. The highest BCUT2D eigenvalue weighted by molar-refractivity contribution is 6.34. The van der Waals surface area contributed by atoms with Gasteiger partial charge in [-0.05, 0) is 19.3 Å². The Kier molecular flexibility index (Phi) is 3.44. The van der Waals surface area contributed by atoms with Gasteiger partial charge in [-0.25, -0.2) is 9.59 Å². The third-order valence-electron chi connectivity index (χ3n) is 1.98. The highest BCUT2D eigenvalue weighted by atomic mass is 16.4. The summed E-state index contributed by atoms with van der Waals surface area (Å²) in [5.41, 5.74) is 0. The van der Waals surface area contributed by atoms with Crippen molar-refractivity contribution in [3.8, 4) is 0 Å². The third-order valence-corrected chi connectivity index (χ3v) is 1.98. The first-order valence-electron chi connectivity index (χ1n) is 4.38. The molecular weight excluding hydrogens is 188 g/mol. The van der Waals surface area contributed by atoms with Gasteiger partial charge in [-0.3, -0.25) is 4.99 Å². The number of carboxylic acid groups (broad SMARTS) is 2. The number of hydrogen-bond acceptors (Lipinski definition) is 4. The number of carboxylic acids is 2. The number of rotatable bonds is 2. The van der Waals surface area contributed by atoms with Crippen LogP contribution in [0.3, 0.4) is 0 Å². The van der Waals surface area contributed by atoms with Crippen molar-refractivity contribution in [1.29, 1.82) is 0 Å². The molecule has 0 bridgehead atoms. The lowest BCUT2D eigenvalue weighted by molar-refractivity contribution is -0.139. The minimum absolute atomic E-state index is 0.253. The number of hydrogen-bond donors (Lipinski definition) is 3. The molecule has 0 saturated heterocycles. The van der Waals surface area contributed by atoms with Gasteiger partial charge >= 0.3 is 11.9 Å². The van der Waals surface area contributed by atoms with Crippen LogP contribution in [0.2, 0.25) is 0 Å². The smallest absolute Gasteiger partial charge is 0.371 e. The predicted octanol–water partition coefficient (Wildman–Crippen LogP) is -0.304. The van der Waals surface area contributed by atoms with Crippen molar-refractivity contribution < 1.29 is 19.8 Å². The second-order valence-electron chi connectivity index (χ2n) is 3.07. The fourth-order valence-electron chi connectivity index (χ4n) is 1.25. The van der Waals surface area contributed by atoms with E-state index in [4.69, 9.17) is 10.2 Å². The molecule has 0 fully saturated rings. The first-order valence-corrected chi connectivity index (χ1v) is 4.38. The molecule has 0 radical (unpaired) electrons. The number of nitrogens with zero attached hydrogens (tertiary/aromatic N) is 1. The minimum Gasteiger partial charge on any atom is -0.480 e. The number of nitrogens with one attached hydrogen (secondary N) is 1. The van der Waals surface area contributed by atoms with Gasteiger partial charge in [0.05, 0.1) is 0 Å². The first kappa shape index (κ1) is 10.5. The van der Waals surface area contributed by atoms with Gasteiger partial charge in [0.25, 0.3) is 0 Å². The Balaban J connectivity index is 2.74. The summed E-state index contributed by atoms with van der Waals surface area (Å²) in [5, 5.41) is 19.8. The Labute approximate surface area is 80.6 Å². The highest BCUT2D eigenvalue weighted by Gasteiger charge is 2.22. The molecule has 6 nitrogen and oxygen atoms in total. The molecule has 0 aromatic heterocycles. The number of amidine groups is 1. The van der Waals surface area contributed by atoms with Crippen LogP contribution >= 0.6 is 0 Å². The zero-order valence-electron chi connectivity index (χ0n) is 7.56. The molecule has 1 rings (SSSR count). The molecule has 0 aliphatic carbocycles. The lowest BCUT2D eigenvalue weighted by Crippen LogP contribution is -2.44. The van der Waals surface area contributed by atoms with Crippen LogP contribution in [0.4, 0.5) is 0 Å². The van der Waals surface area contributed by atoms with E-state index in [0.29, 0.717) is 13.0 Å². The molecule has 0 aromatic rings. The second-order valence-corrected chi connectivity index (χ2v) is 3.07. The summed E-state index contributed by atoms with van der Waals surface area (Å²) in [5.74, 6) is -2.50. The van der Waals surface area contributed by atoms with E-state index in [-0.39, 0.29) is 5.84 Å². The van der Waals surface area contributed by atoms with Gasteiger partial charge in [0.15, 0.2) is 0 Å². The van der Waals surface area contributed by atoms with Gasteiger partial charge in [0.1, 0.15) is 6.04 Å². The molecule has 1 atom stereocenters. The monoisotopic (exact) mass is 200 g/mol. The molecule has 0 amide bonds. The molecule has 0 spiro atoms. The van der Waals surface area contributed by atoms with E-state index in [9.17, 15) is 9.59 Å². The zero-order valence-corrected chi connectivity index (χ0v) is 7.56. The van der Waals surface area contributed by atoms with Gasteiger partial charge in [-0.2, -0.15) is 0 Å². The van der Waals surface area contributed by atoms with Gasteiger partial charge in [-0.15, -0.1) is 0 Å². The van der Waals surface area contributed by atoms with Crippen molar-refractivity contribution in [2.45, 2.75) is 25.3 Å². The number of carbonyl (C=O) groups is 2. The Morgan fingerprint density at radius 2 is 2.07 bits per heavy atom. The normalized spacial score (nSPS) is 22.6. The van der Waals surface area contributed by atoms with Gasteiger partial charge in [-0.1, -0.05) is 0 Å². The second kappa shape index (κ2) is 4.59. The van der Waals surface area contributed by atoms with Gasteiger partial charge in [0, 0.05) is 6.54 Å².